The van der Waals surface area contributed by atoms with Crippen LogP contribution < -0.4 is 15.6 Å². The predicted molar refractivity (Wildman–Crippen MR) is 132 cm³/mol. The molecule has 2 unspecified atom stereocenters. The minimum atomic E-state index is -1.75. The monoisotopic (exact) mass is 534 g/mol. The van der Waals surface area contributed by atoms with Gasteiger partial charge in [0, 0.05) is 50.7 Å². The number of carbonyl (C=O) groups is 2. The Morgan fingerprint density at radius 3 is 2.39 bits per heavy atom. The number of benzene rings is 1. The molecule has 1 saturated carbocycles. The Kier molecular flexibility index (Phi) is 7.13. The van der Waals surface area contributed by atoms with Crippen LogP contribution in [0.25, 0.3) is 10.9 Å². The maximum Gasteiger partial charge on any atom is 0.257 e. The summed E-state index contributed by atoms with van der Waals surface area (Å²) in [5.74, 6) is -1.60. The minimum absolute atomic E-state index is 0.00884. The van der Waals surface area contributed by atoms with Crippen LogP contribution in [0.3, 0.4) is 0 Å². The molecule has 2 aromatic rings. The van der Waals surface area contributed by atoms with Crippen LogP contribution in [0.5, 0.6) is 0 Å². The highest BCUT2D eigenvalue weighted by Crippen LogP contribution is 2.38. The molecule has 1 aromatic carbocycles. The van der Waals surface area contributed by atoms with E-state index in [0.717, 1.165) is 18.9 Å². The molecule has 12 nitrogen and oxygen atoms in total. The number of fused-ring (bicyclic) bond motifs is 1. The average molecular weight is 535 g/mol. The Labute approximate surface area is 216 Å². The minimum Gasteiger partial charge on any atom is -0.394 e. The molecule has 3 fully saturated rings. The Bertz CT molecular complexity index is 1310. The second kappa shape index (κ2) is 10.2. The highest BCUT2D eigenvalue weighted by molar-refractivity contribution is 5.98. The van der Waals surface area contributed by atoms with E-state index in [1.54, 1.807) is 15.5 Å². The fraction of sp³-hybridized carbons (Fsp3) is 0.560. The van der Waals surface area contributed by atoms with Gasteiger partial charge >= 0.3 is 0 Å². The van der Waals surface area contributed by atoms with E-state index in [2.05, 4.69) is 5.32 Å². The van der Waals surface area contributed by atoms with E-state index < -0.39 is 54.4 Å². The molecule has 206 valence electrons. The van der Waals surface area contributed by atoms with E-state index in [9.17, 15) is 34.8 Å². The van der Waals surface area contributed by atoms with Crippen LogP contribution in [0.2, 0.25) is 0 Å². The predicted octanol–water partition coefficient (Wildman–Crippen LogP) is -1.33. The highest BCUT2D eigenvalue weighted by Gasteiger charge is 2.44. The van der Waals surface area contributed by atoms with Gasteiger partial charge in [0.2, 0.25) is 11.3 Å². The quantitative estimate of drug-likeness (QED) is 0.313. The van der Waals surface area contributed by atoms with Crippen LogP contribution in [0.4, 0.5) is 10.1 Å². The number of aromatic nitrogens is 1. The summed E-state index contributed by atoms with van der Waals surface area (Å²) in [4.78, 5) is 41.7. The van der Waals surface area contributed by atoms with Crippen molar-refractivity contribution >= 4 is 28.4 Å². The molecule has 2 saturated heterocycles. The standard InChI is InChI=1S/C25H31FN4O8/c1-12(32)28-4-6-29(7-5-28)18-9-17-14(8-16(18)26)21(33)15(10-30(17)13-2-3-13)24(36)27-20-23(35)22(34)19(11-31)38-25(20)37/h8-10,13,19-20,22-23,25,31,34-35,37H,2-7,11H2,1H3,(H,27,36)/t19?,20?,22-,23-,25-/m1/s1. The first-order chi connectivity index (χ1) is 18.1. The van der Waals surface area contributed by atoms with Gasteiger partial charge in [0.05, 0.1) is 17.8 Å². The van der Waals surface area contributed by atoms with Crippen molar-refractivity contribution in [3.8, 4) is 0 Å². The Morgan fingerprint density at radius 1 is 1.11 bits per heavy atom. The van der Waals surface area contributed by atoms with Gasteiger partial charge in [-0.2, -0.15) is 0 Å². The van der Waals surface area contributed by atoms with Gasteiger partial charge in [0.15, 0.2) is 6.29 Å². The summed E-state index contributed by atoms with van der Waals surface area (Å²) in [6.07, 6.45) is -3.24. The van der Waals surface area contributed by atoms with Gasteiger partial charge in [-0.25, -0.2) is 4.39 Å². The maximum atomic E-state index is 15.3. The molecule has 3 heterocycles. The van der Waals surface area contributed by atoms with Crippen LogP contribution in [0, 0.1) is 5.82 Å². The smallest absolute Gasteiger partial charge is 0.257 e. The number of amides is 2. The first kappa shape index (κ1) is 26.5. The van der Waals surface area contributed by atoms with Crippen molar-refractivity contribution in [2.45, 2.75) is 56.5 Å². The summed E-state index contributed by atoms with van der Waals surface area (Å²) < 4.78 is 22.1. The third-order valence-electron chi connectivity index (χ3n) is 7.55. The molecular weight excluding hydrogens is 503 g/mol. The summed E-state index contributed by atoms with van der Waals surface area (Å²) >= 11 is 0. The van der Waals surface area contributed by atoms with Crippen LogP contribution in [-0.2, 0) is 9.53 Å². The second-order valence-corrected chi connectivity index (χ2v) is 10.1. The lowest BCUT2D eigenvalue weighted by molar-refractivity contribution is -0.252. The van der Waals surface area contributed by atoms with Gasteiger partial charge in [-0.05, 0) is 25.0 Å². The third-order valence-corrected chi connectivity index (χ3v) is 7.55. The molecule has 0 radical (unpaired) electrons. The fourth-order valence-corrected chi connectivity index (χ4v) is 5.16. The number of hydrogen-bond donors (Lipinski definition) is 5. The number of pyridine rings is 1. The Balaban J connectivity index is 1.47. The molecule has 5 N–H and O–H groups in total. The molecule has 1 aromatic heterocycles. The van der Waals surface area contributed by atoms with Crippen molar-refractivity contribution in [1.29, 1.82) is 0 Å². The van der Waals surface area contributed by atoms with Gasteiger partial charge in [0.25, 0.3) is 5.91 Å². The number of piperazine rings is 1. The number of ether oxygens (including phenoxy) is 1. The van der Waals surface area contributed by atoms with Crippen LogP contribution in [0.15, 0.2) is 23.1 Å². The summed E-state index contributed by atoms with van der Waals surface area (Å²) in [6.45, 7) is 2.62. The lowest BCUT2D eigenvalue weighted by atomic mass is 9.96. The number of halogens is 1. The number of rotatable bonds is 5. The van der Waals surface area contributed by atoms with Gasteiger partial charge in [-0.3, -0.25) is 14.4 Å². The molecule has 38 heavy (non-hydrogen) atoms. The van der Waals surface area contributed by atoms with E-state index >= 15 is 4.39 Å². The largest absolute Gasteiger partial charge is 0.394 e. The zero-order valence-corrected chi connectivity index (χ0v) is 20.8. The van der Waals surface area contributed by atoms with Crippen molar-refractivity contribution in [2.75, 3.05) is 37.7 Å². The molecule has 1 aliphatic carbocycles. The number of nitrogens with one attached hydrogen (secondary N) is 1. The molecule has 0 bridgehead atoms. The number of aliphatic hydroxyl groups is 4. The van der Waals surface area contributed by atoms with Crippen molar-refractivity contribution in [3.05, 3.63) is 39.9 Å². The van der Waals surface area contributed by atoms with Crippen molar-refractivity contribution in [1.82, 2.24) is 14.8 Å². The molecule has 3 aliphatic rings. The maximum absolute atomic E-state index is 15.3. The Hall–Kier alpha value is -3.10. The molecule has 5 atom stereocenters. The van der Waals surface area contributed by atoms with E-state index in [1.165, 1.54) is 13.1 Å². The number of hydrogen-bond acceptors (Lipinski definition) is 9. The van der Waals surface area contributed by atoms with Crippen molar-refractivity contribution in [3.63, 3.8) is 0 Å². The topological polar surface area (TPSA) is 165 Å². The van der Waals surface area contributed by atoms with E-state index in [-0.39, 0.29) is 22.9 Å². The van der Waals surface area contributed by atoms with Gasteiger partial charge < -0.3 is 44.8 Å². The lowest BCUT2D eigenvalue weighted by Gasteiger charge is -2.40. The summed E-state index contributed by atoms with van der Waals surface area (Å²) in [5, 5.41) is 42.3. The van der Waals surface area contributed by atoms with Gasteiger partial charge in [0.1, 0.15) is 35.7 Å². The number of aliphatic hydroxyl groups excluding tert-OH is 4. The Morgan fingerprint density at radius 2 is 1.79 bits per heavy atom. The molecule has 2 amide bonds. The zero-order chi connectivity index (χ0) is 27.3. The van der Waals surface area contributed by atoms with E-state index in [1.807, 2.05) is 4.90 Å². The van der Waals surface area contributed by atoms with Crippen molar-refractivity contribution < 1.29 is 39.1 Å². The highest BCUT2D eigenvalue weighted by atomic mass is 19.1. The lowest BCUT2D eigenvalue weighted by Crippen LogP contribution is -2.64. The van der Waals surface area contributed by atoms with Gasteiger partial charge in [-0.1, -0.05) is 0 Å². The zero-order valence-electron chi connectivity index (χ0n) is 20.8. The molecule has 5 rings (SSSR count). The number of anilines is 1. The number of carbonyl (C=O) groups excluding carboxylic acids is 2. The number of nitrogens with zero attached hydrogens (tertiary/aromatic N) is 3. The summed E-state index contributed by atoms with van der Waals surface area (Å²) in [6, 6.07) is 1.25. The van der Waals surface area contributed by atoms with Crippen LogP contribution >= 0.6 is 0 Å². The van der Waals surface area contributed by atoms with E-state index in [0.29, 0.717) is 37.4 Å². The molecule has 0 spiro atoms. The summed E-state index contributed by atoms with van der Waals surface area (Å²) in [5.41, 5.74) is -0.257. The van der Waals surface area contributed by atoms with Gasteiger partial charge in [-0.15, -0.1) is 0 Å². The van der Waals surface area contributed by atoms with Crippen molar-refractivity contribution in [2.24, 2.45) is 0 Å². The SMILES string of the molecule is CC(=O)N1CCN(c2cc3c(cc2F)c(=O)c(C(=O)NC2[C@H](O)OC(CO)[C@@H](O)[C@@H]2O)cn3C2CC2)CC1. The second-order valence-electron chi connectivity index (χ2n) is 10.1. The average Bonchev–Trinajstić information content (AvgIpc) is 3.74. The van der Waals surface area contributed by atoms with E-state index in [4.69, 9.17) is 4.74 Å². The molecule has 13 heteroatoms. The molecule has 2 aliphatic heterocycles. The van der Waals surface area contributed by atoms with Crippen LogP contribution in [-0.4, -0.2) is 105 Å². The molecular formula is C25H31FN4O8. The fourth-order valence-electron chi connectivity index (χ4n) is 5.16. The third kappa shape index (κ3) is 4.76. The van der Waals surface area contributed by atoms with Crippen LogP contribution in [0.1, 0.15) is 36.2 Å². The first-order valence-corrected chi connectivity index (χ1v) is 12.6. The normalized spacial score (nSPS) is 28.0. The summed E-state index contributed by atoms with van der Waals surface area (Å²) in [7, 11) is 0. The first-order valence-electron chi connectivity index (χ1n) is 12.6.